The fourth-order valence-electron chi connectivity index (χ4n) is 3.86. The Morgan fingerprint density at radius 2 is 1.00 bits per heavy atom. The van der Waals surface area contributed by atoms with Gasteiger partial charge in [0, 0.05) is 11.1 Å². The van der Waals surface area contributed by atoms with E-state index in [1.165, 1.54) is 0 Å². The molecule has 0 unspecified atom stereocenters. The van der Waals surface area contributed by atoms with Gasteiger partial charge in [0.15, 0.2) is 12.6 Å². The van der Waals surface area contributed by atoms with Gasteiger partial charge in [0.25, 0.3) is 20.2 Å². The molecule has 0 amide bonds. The second-order valence-corrected chi connectivity index (χ2v) is 11.2. The molecule has 2 aliphatic rings. The predicted octanol–water partition coefficient (Wildman–Crippen LogP) is 1.90. The van der Waals surface area contributed by atoms with E-state index in [0.29, 0.717) is 11.1 Å². The highest BCUT2D eigenvalue weighted by atomic mass is 32.2. The Labute approximate surface area is 198 Å². The van der Waals surface area contributed by atoms with E-state index >= 15 is 0 Å². The molecule has 0 radical (unpaired) electrons. The Morgan fingerprint density at radius 3 is 1.32 bits per heavy atom. The van der Waals surface area contributed by atoms with Crippen molar-refractivity contribution in [3.8, 4) is 0 Å². The van der Waals surface area contributed by atoms with E-state index in [2.05, 4.69) is 0 Å². The van der Waals surface area contributed by atoms with Gasteiger partial charge in [0.2, 0.25) is 0 Å². The monoisotopic (exact) mass is 514 g/mol. The lowest BCUT2D eigenvalue weighted by Crippen LogP contribution is -2.57. The molecule has 0 aromatic heterocycles. The molecule has 186 valence electrons. The van der Waals surface area contributed by atoms with Gasteiger partial charge in [-0.2, -0.15) is 16.8 Å². The second kappa shape index (κ2) is 10.4. The molecule has 2 aromatic carbocycles. The van der Waals surface area contributed by atoms with Crippen LogP contribution in [0.15, 0.2) is 60.7 Å². The largest absolute Gasteiger partial charge is 0.346 e. The van der Waals surface area contributed by atoms with Gasteiger partial charge in [-0.05, 0) is 0 Å². The van der Waals surface area contributed by atoms with Crippen LogP contribution in [-0.2, 0) is 47.5 Å². The summed E-state index contributed by atoms with van der Waals surface area (Å²) in [5, 5.41) is 0. The van der Waals surface area contributed by atoms with Gasteiger partial charge in [-0.3, -0.25) is 8.37 Å². The van der Waals surface area contributed by atoms with Crippen LogP contribution in [0, 0.1) is 0 Å². The molecular weight excluding hydrogens is 488 g/mol. The summed E-state index contributed by atoms with van der Waals surface area (Å²) in [4.78, 5) is 0. The average Bonchev–Trinajstić information content (AvgIpc) is 2.79. The van der Waals surface area contributed by atoms with E-state index < -0.39 is 57.2 Å². The third kappa shape index (κ3) is 6.61. The molecule has 4 rings (SSSR count). The summed E-state index contributed by atoms with van der Waals surface area (Å²) in [5.41, 5.74) is 1.38. The van der Waals surface area contributed by atoms with Crippen LogP contribution in [0.25, 0.3) is 0 Å². The summed E-state index contributed by atoms with van der Waals surface area (Å²) >= 11 is 0. The molecule has 34 heavy (non-hydrogen) atoms. The first-order valence-electron chi connectivity index (χ1n) is 10.5. The van der Waals surface area contributed by atoms with Crippen LogP contribution in [0.3, 0.4) is 0 Å². The van der Waals surface area contributed by atoms with Gasteiger partial charge in [-0.15, -0.1) is 0 Å². The lowest BCUT2D eigenvalue weighted by molar-refractivity contribution is -0.325. The normalized spacial score (nSPS) is 30.6. The maximum Gasteiger partial charge on any atom is 0.264 e. The van der Waals surface area contributed by atoms with E-state index in [0.717, 1.165) is 12.5 Å². The van der Waals surface area contributed by atoms with Crippen molar-refractivity contribution >= 4 is 20.2 Å². The highest BCUT2D eigenvalue weighted by molar-refractivity contribution is 7.86. The molecule has 0 spiro atoms. The fourth-order valence-corrected chi connectivity index (χ4v) is 5.08. The van der Waals surface area contributed by atoms with Crippen molar-refractivity contribution in [2.45, 2.75) is 37.0 Å². The van der Waals surface area contributed by atoms with E-state index in [1.54, 1.807) is 24.3 Å². The van der Waals surface area contributed by atoms with Crippen LogP contribution in [0.4, 0.5) is 0 Å². The number of benzene rings is 2. The lowest BCUT2D eigenvalue weighted by Gasteiger charge is -2.44. The quantitative estimate of drug-likeness (QED) is 0.506. The Bertz CT molecular complexity index is 1060. The van der Waals surface area contributed by atoms with E-state index in [9.17, 15) is 16.8 Å². The number of hydrogen-bond donors (Lipinski definition) is 0. The minimum atomic E-state index is -3.90. The van der Waals surface area contributed by atoms with Crippen molar-refractivity contribution in [3.63, 3.8) is 0 Å². The summed E-state index contributed by atoms with van der Waals surface area (Å²) in [5.74, 6) is 0. The molecule has 2 heterocycles. The van der Waals surface area contributed by atoms with Gasteiger partial charge >= 0.3 is 0 Å². The van der Waals surface area contributed by atoms with E-state index in [1.807, 2.05) is 36.4 Å². The third-order valence-corrected chi connectivity index (χ3v) is 6.38. The molecular formula is C22H26O10S2. The highest BCUT2D eigenvalue weighted by Gasteiger charge is 2.48. The standard InChI is InChI=1S/C22H26O10S2/c1-33(23,24)31-17-13-27-21(15-9-5-3-6-10-15)29-19(17)20-18(32-34(2,25)26)14-28-22(30-20)16-11-7-4-8-12-16/h3-12,17-22H,13-14H2,1-2H3/t17-,18-,19+,20+,21-,22+/m1/s1. The molecule has 2 saturated heterocycles. The molecule has 0 bridgehead atoms. The first-order valence-corrected chi connectivity index (χ1v) is 14.1. The van der Waals surface area contributed by atoms with Gasteiger partial charge in [-0.25, -0.2) is 0 Å². The van der Waals surface area contributed by atoms with Crippen molar-refractivity contribution in [1.82, 2.24) is 0 Å². The van der Waals surface area contributed by atoms with Crippen LogP contribution in [0.1, 0.15) is 23.7 Å². The molecule has 0 N–H and O–H groups in total. The zero-order valence-corrected chi connectivity index (χ0v) is 20.2. The van der Waals surface area contributed by atoms with Gasteiger partial charge < -0.3 is 18.9 Å². The van der Waals surface area contributed by atoms with Gasteiger partial charge in [0.1, 0.15) is 24.4 Å². The Kier molecular flexibility index (Phi) is 7.69. The maximum absolute atomic E-state index is 11.9. The molecule has 2 aliphatic heterocycles. The van der Waals surface area contributed by atoms with Crippen LogP contribution in [0.5, 0.6) is 0 Å². The predicted molar refractivity (Wildman–Crippen MR) is 119 cm³/mol. The summed E-state index contributed by atoms with van der Waals surface area (Å²) in [6.45, 7) is -0.279. The fraction of sp³-hybridized carbons (Fsp3) is 0.455. The summed E-state index contributed by atoms with van der Waals surface area (Å²) in [7, 11) is -7.80. The molecule has 12 heteroatoms. The topological polar surface area (TPSA) is 124 Å². The minimum Gasteiger partial charge on any atom is -0.346 e. The first-order chi connectivity index (χ1) is 16.1. The van der Waals surface area contributed by atoms with Crippen molar-refractivity contribution in [3.05, 3.63) is 71.8 Å². The Morgan fingerprint density at radius 1 is 0.647 bits per heavy atom. The smallest absolute Gasteiger partial charge is 0.264 e. The van der Waals surface area contributed by atoms with Crippen molar-refractivity contribution in [1.29, 1.82) is 0 Å². The van der Waals surface area contributed by atoms with E-state index in [4.69, 9.17) is 27.3 Å². The van der Waals surface area contributed by atoms with Crippen molar-refractivity contribution in [2.75, 3.05) is 25.7 Å². The van der Waals surface area contributed by atoms with E-state index in [-0.39, 0.29) is 13.2 Å². The number of hydrogen-bond acceptors (Lipinski definition) is 10. The van der Waals surface area contributed by atoms with Gasteiger partial charge in [-0.1, -0.05) is 60.7 Å². The summed E-state index contributed by atoms with van der Waals surface area (Å²) < 4.78 is 82.0. The number of ether oxygens (including phenoxy) is 4. The highest BCUT2D eigenvalue weighted by Crippen LogP contribution is 2.37. The van der Waals surface area contributed by atoms with Crippen LogP contribution in [-0.4, -0.2) is 67.0 Å². The molecule has 2 fully saturated rings. The Hall–Kier alpha value is -1.90. The number of rotatable bonds is 7. The zero-order valence-electron chi connectivity index (χ0n) is 18.6. The molecule has 0 saturated carbocycles. The molecule has 2 aromatic rings. The Balaban J connectivity index is 1.67. The minimum absolute atomic E-state index is 0.139. The second-order valence-electron chi connectivity index (χ2n) is 8.03. The van der Waals surface area contributed by atoms with Crippen LogP contribution < -0.4 is 0 Å². The lowest BCUT2D eigenvalue weighted by atomic mass is 10.0. The zero-order chi connectivity index (χ0) is 24.3. The van der Waals surface area contributed by atoms with Crippen LogP contribution in [0.2, 0.25) is 0 Å². The molecule has 0 aliphatic carbocycles. The summed E-state index contributed by atoms with van der Waals surface area (Å²) in [6.07, 6.45) is -4.23. The van der Waals surface area contributed by atoms with Crippen molar-refractivity contribution < 1.29 is 44.1 Å². The molecule has 6 atom stereocenters. The van der Waals surface area contributed by atoms with Crippen molar-refractivity contribution in [2.24, 2.45) is 0 Å². The first kappa shape index (κ1) is 25.2. The third-order valence-electron chi connectivity index (χ3n) is 5.18. The maximum atomic E-state index is 11.9. The van der Waals surface area contributed by atoms with Gasteiger partial charge in [0.05, 0.1) is 25.7 Å². The summed E-state index contributed by atoms with van der Waals surface area (Å²) in [6, 6.07) is 18.1. The molecule has 10 nitrogen and oxygen atoms in total. The van der Waals surface area contributed by atoms with Crippen LogP contribution >= 0.6 is 0 Å². The average molecular weight is 515 g/mol. The SMILES string of the molecule is CS(=O)(=O)O[C@@H]1CO[C@@H](c2ccccc2)O[C@@H]1[C@H]1O[C@@H](c2ccccc2)OC[C@H]1OS(C)(=O)=O.